The van der Waals surface area contributed by atoms with Crippen LogP contribution in [0.5, 0.6) is 0 Å². The van der Waals surface area contributed by atoms with E-state index in [0.29, 0.717) is 0 Å². The summed E-state index contributed by atoms with van der Waals surface area (Å²) in [5.41, 5.74) is 8.64. The summed E-state index contributed by atoms with van der Waals surface area (Å²) in [5, 5.41) is 4.48. The van der Waals surface area contributed by atoms with Gasteiger partial charge in [0.15, 0.2) is 0 Å². The van der Waals surface area contributed by atoms with Crippen LogP contribution < -0.4 is 5.73 Å². The fourth-order valence-corrected chi connectivity index (χ4v) is 2.58. The normalized spacial score (nSPS) is 14.7. The Morgan fingerprint density at radius 2 is 2.06 bits per heavy atom. The van der Waals surface area contributed by atoms with E-state index in [4.69, 9.17) is 5.73 Å². The zero-order valence-electron chi connectivity index (χ0n) is 12.4. The molecule has 104 valence electrons. The highest BCUT2D eigenvalue weighted by Crippen LogP contribution is 2.25. The van der Waals surface area contributed by atoms with Crippen molar-refractivity contribution < 1.29 is 0 Å². The molecule has 18 heavy (non-hydrogen) atoms. The third kappa shape index (κ3) is 4.13. The highest BCUT2D eigenvalue weighted by molar-refractivity contribution is 5.13. The van der Waals surface area contributed by atoms with Crippen LogP contribution in [0.2, 0.25) is 0 Å². The molecule has 1 aromatic heterocycles. The van der Waals surface area contributed by atoms with E-state index in [9.17, 15) is 0 Å². The molecule has 0 aliphatic heterocycles. The molecule has 1 heterocycles. The van der Waals surface area contributed by atoms with E-state index >= 15 is 0 Å². The van der Waals surface area contributed by atoms with Gasteiger partial charge in [0, 0.05) is 12.6 Å². The minimum Gasteiger partial charge on any atom is -0.323 e. The molecular weight excluding hydrogens is 222 g/mol. The molecule has 0 saturated carbocycles. The summed E-state index contributed by atoms with van der Waals surface area (Å²) >= 11 is 0. The van der Waals surface area contributed by atoms with E-state index in [0.717, 1.165) is 24.6 Å². The molecule has 0 spiro atoms. The van der Waals surface area contributed by atoms with Crippen molar-refractivity contribution in [1.29, 1.82) is 0 Å². The van der Waals surface area contributed by atoms with Gasteiger partial charge in [0.25, 0.3) is 0 Å². The van der Waals surface area contributed by atoms with Gasteiger partial charge in [0.2, 0.25) is 0 Å². The third-order valence-electron chi connectivity index (χ3n) is 3.74. The van der Waals surface area contributed by atoms with Crippen LogP contribution in [0.25, 0.3) is 0 Å². The standard InChI is InChI=1S/C15H29N3/c1-5-8-9-13(6-2)11-14(16)15-10-12(4)17-18(15)7-3/h10,13-14H,5-9,11,16H2,1-4H3. The Morgan fingerprint density at radius 1 is 1.33 bits per heavy atom. The van der Waals surface area contributed by atoms with Crippen LogP contribution >= 0.6 is 0 Å². The second-order valence-corrected chi connectivity index (χ2v) is 5.29. The highest BCUT2D eigenvalue weighted by atomic mass is 15.3. The molecule has 0 radical (unpaired) electrons. The lowest BCUT2D eigenvalue weighted by molar-refractivity contribution is 0.378. The van der Waals surface area contributed by atoms with Crippen LogP contribution in [0, 0.1) is 12.8 Å². The molecule has 0 fully saturated rings. The summed E-state index contributed by atoms with van der Waals surface area (Å²) in [6.07, 6.45) is 6.21. The predicted molar refractivity (Wildman–Crippen MR) is 77.5 cm³/mol. The first kappa shape index (κ1) is 15.2. The Labute approximate surface area is 112 Å². The van der Waals surface area contributed by atoms with E-state index < -0.39 is 0 Å². The lowest BCUT2D eigenvalue weighted by Crippen LogP contribution is -2.19. The topological polar surface area (TPSA) is 43.8 Å². The van der Waals surface area contributed by atoms with Crippen molar-refractivity contribution in [3.8, 4) is 0 Å². The Bertz CT molecular complexity index is 344. The average Bonchev–Trinajstić information content (AvgIpc) is 2.75. The van der Waals surface area contributed by atoms with Crippen molar-refractivity contribution in [1.82, 2.24) is 9.78 Å². The number of hydrogen-bond donors (Lipinski definition) is 1. The summed E-state index contributed by atoms with van der Waals surface area (Å²) in [7, 11) is 0. The van der Waals surface area contributed by atoms with Crippen molar-refractivity contribution in [2.75, 3.05) is 0 Å². The first-order valence-electron chi connectivity index (χ1n) is 7.42. The molecule has 2 atom stereocenters. The molecule has 3 nitrogen and oxygen atoms in total. The largest absolute Gasteiger partial charge is 0.323 e. The minimum atomic E-state index is 0.132. The van der Waals surface area contributed by atoms with Gasteiger partial charge in [0.05, 0.1) is 11.4 Å². The van der Waals surface area contributed by atoms with Gasteiger partial charge in [-0.15, -0.1) is 0 Å². The number of unbranched alkanes of at least 4 members (excludes halogenated alkanes) is 1. The highest BCUT2D eigenvalue weighted by Gasteiger charge is 2.17. The van der Waals surface area contributed by atoms with Gasteiger partial charge < -0.3 is 5.73 Å². The molecule has 0 aliphatic carbocycles. The molecule has 1 rings (SSSR count). The molecule has 2 unspecified atom stereocenters. The Kier molecular flexibility index (Phi) is 6.41. The van der Waals surface area contributed by atoms with E-state index in [1.165, 1.54) is 31.4 Å². The van der Waals surface area contributed by atoms with Crippen molar-refractivity contribution in [2.45, 2.75) is 72.4 Å². The lowest BCUT2D eigenvalue weighted by Gasteiger charge is -2.20. The number of nitrogens with two attached hydrogens (primary N) is 1. The molecule has 0 saturated heterocycles. The van der Waals surface area contributed by atoms with Crippen LogP contribution in [0.15, 0.2) is 6.07 Å². The van der Waals surface area contributed by atoms with Gasteiger partial charge in [0.1, 0.15) is 0 Å². The van der Waals surface area contributed by atoms with Crippen LogP contribution in [0.4, 0.5) is 0 Å². The monoisotopic (exact) mass is 251 g/mol. The molecular formula is C15H29N3. The Balaban J connectivity index is 2.64. The van der Waals surface area contributed by atoms with Crippen molar-refractivity contribution in [2.24, 2.45) is 11.7 Å². The van der Waals surface area contributed by atoms with E-state index in [-0.39, 0.29) is 6.04 Å². The van der Waals surface area contributed by atoms with Gasteiger partial charge in [-0.2, -0.15) is 5.10 Å². The maximum atomic E-state index is 6.37. The van der Waals surface area contributed by atoms with Crippen molar-refractivity contribution in [3.05, 3.63) is 17.5 Å². The zero-order valence-corrected chi connectivity index (χ0v) is 12.4. The third-order valence-corrected chi connectivity index (χ3v) is 3.74. The molecule has 0 bridgehead atoms. The number of aromatic nitrogens is 2. The van der Waals surface area contributed by atoms with E-state index in [1.807, 2.05) is 11.6 Å². The fraction of sp³-hybridized carbons (Fsp3) is 0.800. The van der Waals surface area contributed by atoms with E-state index in [1.54, 1.807) is 0 Å². The minimum absolute atomic E-state index is 0.132. The lowest BCUT2D eigenvalue weighted by atomic mass is 9.91. The number of hydrogen-bond acceptors (Lipinski definition) is 2. The predicted octanol–water partition coefficient (Wildman–Crippen LogP) is 3.82. The summed E-state index contributed by atoms with van der Waals surface area (Å²) < 4.78 is 2.05. The van der Waals surface area contributed by atoms with Crippen LogP contribution in [-0.4, -0.2) is 9.78 Å². The fourth-order valence-electron chi connectivity index (χ4n) is 2.58. The maximum Gasteiger partial charge on any atom is 0.0597 e. The van der Waals surface area contributed by atoms with Crippen LogP contribution in [0.3, 0.4) is 0 Å². The summed E-state index contributed by atoms with van der Waals surface area (Å²) in [6, 6.07) is 2.27. The average molecular weight is 251 g/mol. The summed E-state index contributed by atoms with van der Waals surface area (Å²) in [4.78, 5) is 0. The Morgan fingerprint density at radius 3 is 2.61 bits per heavy atom. The summed E-state index contributed by atoms with van der Waals surface area (Å²) in [6.45, 7) is 9.59. The second-order valence-electron chi connectivity index (χ2n) is 5.29. The zero-order chi connectivity index (χ0) is 13.5. The second kappa shape index (κ2) is 7.57. The number of nitrogens with zero attached hydrogens (tertiary/aromatic N) is 2. The van der Waals surface area contributed by atoms with E-state index in [2.05, 4.69) is 31.9 Å². The molecule has 3 heteroatoms. The quantitative estimate of drug-likeness (QED) is 0.763. The molecule has 2 N–H and O–H groups in total. The van der Waals surface area contributed by atoms with Gasteiger partial charge in [-0.3, -0.25) is 4.68 Å². The van der Waals surface area contributed by atoms with Gasteiger partial charge in [-0.1, -0.05) is 39.5 Å². The van der Waals surface area contributed by atoms with Gasteiger partial charge >= 0.3 is 0 Å². The van der Waals surface area contributed by atoms with Crippen LogP contribution in [-0.2, 0) is 6.54 Å². The smallest absolute Gasteiger partial charge is 0.0597 e. The summed E-state index contributed by atoms with van der Waals surface area (Å²) in [5.74, 6) is 0.750. The van der Waals surface area contributed by atoms with Gasteiger partial charge in [-0.25, -0.2) is 0 Å². The van der Waals surface area contributed by atoms with Crippen LogP contribution in [0.1, 0.15) is 70.3 Å². The molecule has 0 amide bonds. The molecule has 1 aromatic rings. The van der Waals surface area contributed by atoms with Crippen molar-refractivity contribution in [3.63, 3.8) is 0 Å². The number of aryl methyl sites for hydroxylation is 2. The SMILES string of the molecule is CCCCC(CC)CC(N)c1cc(C)nn1CC. The Hall–Kier alpha value is -0.830. The molecule has 0 aliphatic rings. The first-order valence-corrected chi connectivity index (χ1v) is 7.42. The van der Waals surface area contributed by atoms with Gasteiger partial charge in [-0.05, 0) is 32.3 Å². The van der Waals surface area contributed by atoms with Crippen molar-refractivity contribution >= 4 is 0 Å². The number of rotatable bonds is 8. The molecule has 0 aromatic carbocycles. The first-order chi connectivity index (χ1) is 8.62. The maximum absolute atomic E-state index is 6.37.